The van der Waals surface area contributed by atoms with E-state index in [0.29, 0.717) is 30.0 Å². The monoisotopic (exact) mass is 396 g/mol. The van der Waals surface area contributed by atoms with E-state index in [1.165, 1.54) is 0 Å². The van der Waals surface area contributed by atoms with Crippen LogP contribution in [0.15, 0.2) is 59.8 Å². The number of carbonyl (C=O) groups is 1. The number of benzene rings is 1. The zero-order valence-electron chi connectivity index (χ0n) is 15.9. The van der Waals surface area contributed by atoms with E-state index in [-0.39, 0.29) is 17.1 Å². The number of fused-ring (bicyclic) bond motifs is 1. The number of nitrogens with one attached hydrogen (secondary N) is 1. The molecule has 1 amide bonds. The van der Waals surface area contributed by atoms with E-state index < -0.39 is 0 Å². The summed E-state index contributed by atoms with van der Waals surface area (Å²) < 4.78 is 1.73. The van der Waals surface area contributed by atoms with Crippen LogP contribution in [-0.2, 0) is 4.79 Å². The molecule has 0 atom stereocenters. The smallest absolute Gasteiger partial charge is 0.292 e. The summed E-state index contributed by atoms with van der Waals surface area (Å²) >= 11 is 0. The number of nitriles is 1. The number of carbonyl (C=O) groups excluding carboxylic acids is 1. The van der Waals surface area contributed by atoms with Crippen LogP contribution in [0.2, 0.25) is 0 Å². The number of rotatable bonds is 3. The number of pyridine rings is 1. The maximum atomic E-state index is 12.6. The summed E-state index contributed by atoms with van der Waals surface area (Å²) in [5.41, 5.74) is 3.35. The minimum Gasteiger partial charge on any atom is -0.317 e. The van der Waals surface area contributed by atoms with Gasteiger partial charge in [0.25, 0.3) is 5.56 Å². The van der Waals surface area contributed by atoms with Crippen molar-refractivity contribution in [3.63, 3.8) is 0 Å². The summed E-state index contributed by atoms with van der Waals surface area (Å²) in [5.74, 6) is 0.696. The number of aromatic amines is 1. The molecule has 4 heterocycles. The molecule has 0 spiro atoms. The molecule has 1 aliphatic rings. The summed E-state index contributed by atoms with van der Waals surface area (Å²) in [6.45, 7) is 0.673. The Balaban J connectivity index is 1.68. The largest absolute Gasteiger partial charge is 0.317 e. The van der Waals surface area contributed by atoms with Crippen LogP contribution in [0.5, 0.6) is 0 Å². The van der Waals surface area contributed by atoms with Crippen molar-refractivity contribution < 1.29 is 4.79 Å². The number of hydrogen-bond donors (Lipinski definition) is 1. The standard InChI is InChI=1S/C22H16N6O2/c23-12-14-3-5-15(6-4-14)19-20(28-11-9-24-21(28)22(30)26-19)16-7-8-17(25-13-16)27-10-1-2-18(27)29/h3-9,11,13H,1-2,10H2,(H,26,30). The normalized spacial score (nSPS) is 13.7. The molecular weight excluding hydrogens is 380 g/mol. The molecule has 146 valence electrons. The van der Waals surface area contributed by atoms with Crippen molar-refractivity contribution in [2.45, 2.75) is 12.8 Å². The van der Waals surface area contributed by atoms with Gasteiger partial charge >= 0.3 is 0 Å². The highest BCUT2D eigenvalue weighted by Gasteiger charge is 2.23. The van der Waals surface area contributed by atoms with Crippen molar-refractivity contribution in [2.24, 2.45) is 0 Å². The minimum absolute atomic E-state index is 0.0783. The van der Waals surface area contributed by atoms with E-state index in [0.717, 1.165) is 23.2 Å². The summed E-state index contributed by atoms with van der Waals surface area (Å²) in [7, 11) is 0. The van der Waals surface area contributed by atoms with Gasteiger partial charge < -0.3 is 4.98 Å². The molecular formula is C22H16N6O2. The van der Waals surface area contributed by atoms with Crippen LogP contribution >= 0.6 is 0 Å². The van der Waals surface area contributed by atoms with E-state index >= 15 is 0 Å². The predicted molar refractivity (Wildman–Crippen MR) is 111 cm³/mol. The molecule has 1 aliphatic heterocycles. The van der Waals surface area contributed by atoms with E-state index in [4.69, 9.17) is 5.26 Å². The molecule has 5 rings (SSSR count). The first-order chi connectivity index (χ1) is 14.7. The highest BCUT2D eigenvalue weighted by Crippen LogP contribution is 2.31. The van der Waals surface area contributed by atoms with Crippen molar-refractivity contribution in [3.8, 4) is 28.6 Å². The third-order valence-electron chi connectivity index (χ3n) is 5.23. The summed E-state index contributed by atoms with van der Waals surface area (Å²) in [5, 5.41) is 9.07. The van der Waals surface area contributed by atoms with Gasteiger partial charge in [0.15, 0.2) is 0 Å². The Kier molecular flexibility index (Phi) is 4.14. The van der Waals surface area contributed by atoms with Crippen LogP contribution in [0.3, 0.4) is 0 Å². The number of imidazole rings is 1. The van der Waals surface area contributed by atoms with Crippen molar-refractivity contribution in [3.05, 3.63) is 70.9 Å². The highest BCUT2D eigenvalue weighted by atomic mass is 16.2. The highest BCUT2D eigenvalue weighted by molar-refractivity contribution is 5.94. The average molecular weight is 396 g/mol. The molecule has 3 aromatic heterocycles. The first kappa shape index (κ1) is 17.8. The zero-order chi connectivity index (χ0) is 20.7. The quantitative estimate of drug-likeness (QED) is 0.573. The number of anilines is 1. The molecule has 8 nitrogen and oxygen atoms in total. The molecule has 0 saturated carbocycles. The molecule has 8 heteroatoms. The van der Waals surface area contributed by atoms with Gasteiger partial charge in [-0.1, -0.05) is 12.1 Å². The first-order valence-electron chi connectivity index (χ1n) is 9.52. The lowest BCUT2D eigenvalue weighted by Crippen LogP contribution is -2.24. The van der Waals surface area contributed by atoms with E-state index in [2.05, 4.69) is 21.0 Å². The van der Waals surface area contributed by atoms with Gasteiger partial charge in [0, 0.05) is 42.7 Å². The molecule has 1 fully saturated rings. The number of hydrogen-bond acceptors (Lipinski definition) is 5. The molecule has 0 radical (unpaired) electrons. The van der Waals surface area contributed by atoms with Gasteiger partial charge in [-0.2, -0.15) is 5.26 Å². The molecule has 1 N–H and O–H groups in total. The maximum absolute atomic E-state index is 12.6. The fourth-order valence-corrected chi connectivity index (χ4v) is 3.78. The number of amides is 1. The molecule has 0 unspecified atom stereocenters. The van der Waals surface area contributed by atoms with Gasteiger partial charge in [-0.05, 0) is 30.7 Å². The van der Waals surface area contributed by atoms with Crippen LogP contribution in [-0.4, -0.2) is 31.8 Å². The number of aromatic nitrogens is 4. The molecule has 30 heavy (non-hydrogen) atoms. The van der Waals surface area contributed by atoms with E-state index in [9.17, 15) is 9.59 Å². The van der Waals surface area contributed by atoms with Crippen LogP contribution in [0, 0.1) is 11.3 Å². The van der Waals surface area contributed by atoms with Crippen molar-refractivity contribution in [1.82, 2.24) is 19.4 Å². The van der Waals surface area contributed by atoms with Gasteiger partial charge in [-0.25, -0.2) is 9.97 Å². The van der Waals surface area contributed by atoms with Crippen molar-refractivity contribution in [1.29, 1.82) is 5.26 Å². The van der Waals surface area contributed by atoms with Gasteiger partial charge in [0.2, 0.25) is 11.6 Å². The number of nitrogens with zero attached hydrogens (tertiary/aromatic N) is 5. The second kappa shape index (κ2) is 6.97. The minimum atomic E-state index is -0.310. The Bertz CT molecular complexity index is 1360. The molecule has 1 aromatic carbocycles. The fourth-order valence-electron chi connectivity index (χ4n) is 3.78. The molecule has 1 saturated heterocycles. The number of H-pyrrole nitrogens is 1. The fraction of sp³-hybridized carbons (Fsp3) is 0.136. The second-order valence-electron chi connectivity index (χ2n) is 7.04. The molecule has 4 aromatic rings. The lowest BCUT2D eigenvalue weighted by atomic mass is 10.0. The Hall–Kier alpha value is -4.25. The Labute approximate surface area is 171 Å². The molecule has 0 bridgehead atoms. The lowest BCUT2D eigenvalue weighted by Gasteiger charge is -2.16. The molecule has 0 aliphatic carbocycles. The second-order valence-corrected chi connectivity index (χ2v) is 7.04. The van der Waals surface area contributed by atoms with Gasteiger partial charge in [0.05, 0.1) is 23.0 Å². The van der Waals surface area contributed by atoms with Crippen LogP contribution in [0.1, 0.15) is 18.4 Å². The van der Waals surface area contributed by atoms with Crippen LogP contribution in [0.4, 0.5) is 5.82 Å². The SMILES string of the molecule is N#Cc1ccc(-c2[nH]c(=O)c3nccn3c2-c2ccc(N3CCCC3=O)nc2)cc1. The third-order valence-corrected chi connectivity index (χ3v) is 5.23. The first-order valence-corrected chi connectivity index (χ1v) is 9.52. The van der Waals surface area contributed by atoms with Crippen molar-refractivity contribution >= 4 is 17.4 Å². The van der Waals surface area contributed by atoms with Crippen LogP contribution in [0.25, 0.3) is 28.2 Å². The topological polar surface area (TPSA) is 107 Å². The Morgan fingerprint density at radius 2 is 1.83 bits per heavy atom. The van der Waals surface area contributed by atoms with Gasteiger partial charge in [-0.3, -0.25) is 18.9 Å². The van der Waals surface area contributed by atoms with E-state index in [1.807, 2.05) is 12.1 Å². The van der Waals surface area contributed by atoms with Gasteiger partial charge in [0.1, 0.15) is 5.82 Å². The third kappa shape index (κ3) is 2.84. The summed E-state index contributed by atoms with van der Waals surface area (Å²) in [6, 6.07) is 12.8. The van der Waals surface area contributed by atoms with Gasteiger partial charge in [-0.15, -0.1) is 0 Å². The average Bonchev–Trinajstić information content (AvgIpc) is 3.43. The van der Waals surface area contributed by atoms with Crippen molar-refractivity contribution in [2.75, 3.05) is 11.4 Å². The van der Waals surface area contributed by atoms with Crippen LogP contribution < -0.4 is 10.5 Å². The summed E-state index contributed by atoms with van der Waals surface area (Å²) in [4.78, 5) is 37.8. The lowest BCUT2D eigenvalue weighted by molar-refractivity contribution is -0.117. The maximum Gasteiger partial charge on any atom is 0.292 e. The Morgan fingerprint density at radius 1 is 1.03 bits per heavy atom. The Morgan fingerprint density at radius 3 is 2.50 bits per heavy atom. The zero-order valence-corrected chi connectivity index (χ0v) is 15.9. The predicted octanol–water partition coefficient (Wildman–Crippen LogP) is 2.75. The van der Waals surface area contributed by atoms with E-state index in [1.54, 1.807) is 52.2 Å². The summed E-state index contributed by atoms with van der Waals surface area (Å²) in [6.07, 6.45) is 6.37.